The van der Waals surface area contributed by atoms with E-state index in [2.05, 4.69) is 4.90 Å². The molecule has 2 aliphatic heterocycles. The molecule has 2 aliphatic rings. The number of likely N-dealkylation sites (tertiary alicyclic amines) is 2. The molecule has 0 spiro atoms. The fourth-order valence-corrected chi connectivity index (χ4v) is 5.61. The van der Waals surface area contributed by atoms with Crippen LogP contribution in [0.3, 0.4) is 0 Å². The second-order valence-electron chi connectivity index (χ2n) is 10.9. The van der Waals surface area contributed by atoms with Crippen LogP contribution in [0.5, 0.6) is 0 Å². The van der Waals surface area contributed by atoms with Gasteiger partial charge in [0, 0.05) is 18.5 Å². The Labute approximate surface area is 222 Å². The molecule has 4 atom stereocenters. The van der Waals surface area contributed by atoms with E-state index in [1.807, 2.05) is 0 Å². The number of halogens is 7. The van der Waals surface area contributed by atoms with Gasteiger partial charge in [0.15, 0.2) is 0 Å². The Morgan fingerprint density at radius 2 is 1.56 bits per heavy atom. The first-order valence-corrected chi connectivity index (χ1v) is 12.9. The van der Waals surface area contributed by atoms with E-state index in [1.165, 1.54) is 26.0 Å². The first-order chi connectivity index (χ1) is 18.0. The van der Waals surface area contributed by atoms with Crippen LogP contribution in [0.4, 0.5) is 30.7 Å². The molecule has 2 fully saturated rings. The lowest BCUT2D eigenvalue weighted by molar-refractivity contribution is -0.143. The third-order valence-corrected chi connectivity index (χ3v) is 8.30. The molecule has 0 aromatic heterocycles. The number of benzene rings is 2. The highest BCUT2D eigenvalue weighted by molar-refractivity contribution is 5.87. The van der Waals surface area contributed by atoms with E-state index in [1.54, 1.807) is 17.9 Å². The van der Waals surface area contributed by atoms with Crippen molar-refractivity contribution < 1.29 is 35.5 Å². The quantitative estimate of drug-likeness (QED) is 0.430. The number of carbonyl (C=O) groups is 1. The largest absolute Gasteiger partial charge is 0.416 e. The molecule has 0 aliphatic carbocycles. The summed E-state index contributed by atoms with van der Waals surface area (Å²) in [7, 11) is 0. The van der Waals surface area contributed by atoms with Crippen molar-refractivity contribution in [1.29, 1.82) is 0 Å². The van der Waals surface area contributed by atoms with Crippen LogP contribution >= 0.6 is 0 Å². The van der Waals surface area contributed by atoms with Gasteiger partial charge in [-0.05, 0) is 93.2 Å². The zero-order chi connectivity index (χ0) is 28.9. The zero-order valence-electron chi connectivity index (χ0n) is 22.0. The summed E-state index contributed by atoms with van der Waals surface area (Å²) in [4.78, 5) is 17.9. The van der Waals surface area contributed by atoms with Gasteiger partial charge in [0.05, 0.1) is 22.7 Å². The van der Waals surface area contributed by atoms with E-state index < -0.39 is 52.7 Å². The summed E-state index contributed by atoms with van der Waals surface area (Å²) in [5.74, 6) is -2.19. The molecule has 4 nitrogen and oxygen atoms in total. The molecule has 214 valence electrons. The summed E-state index contributed by atoms with van der Waals surface area (Å²) in [5, 5.41) is 0. The van der Waals surface area contributed by atoms with Crippen LogP contribution in [-0.4, -0.2) is 46.9 Å². The van der Waals surface area contributed by atoms with Gasteiger partial charge in [0.2, 0.25) is 5.91 Å². The number of nitrogens with zero attached hydrogens (tertiary/aromatic N) is 2. The summed E-state index contributed by atoms with van der Waals surface area (Å²) in [6.07, 6.45) is -7.75. The SMILES string of the molecule is Cc1cc(F)ccc1[C@H]1C[C@@H](N2CCC2)CCN1C(=O)C(C)(N)[C@H](C)c1cc(C(F)(F)F)cc(C(F)(F)F)c1. The van der Waals surface area contributed by atoms with Crippen molar-refractivity contribution in [2.45, 2.75) is 75.9 Å². The second kappa shape index (κ2) is 10.4. The van der Waals surface area contributed by atoms with Crippen LogP contribution < -0.4 is 5.73 Å². The Morgan fingerprint density at radius 3 is 2.05 bits per heavy atom. The van der Waals surface area contributed by atoms with Gasteiger partial charge in [-0.15, -0.1) is 0 Å². The highest BCUT2D eigenvalue weighted by Crippen LogP contribution is 2.42. The van der Waals surface area contributed by atoms with Gasteiger partial charge in [-0.25, -0.2) is 4.39 Å². The predicted octanol–water partition coefficient (Wildman–Crippen LogP) is 6.43. The number of nitrogens with two attached hydrogens (primary N) is 1. The number of carbonyl (C=O) groups excluding carboxylic acids is 1. The van der Waals surface area contributed by atoms with Crippen LogP contribution in [0, 0.1) is 12.7 Å². The monoisotopic (exact) mass is 559 g/mol. The molecule has 1 unspecified atom stereocenters. The van der Waals surface area contributed by atoms with Crippen molar-refractivity contribution in [2.24, 2.45) is 5.73 Å². The van der Waals surface area contributed by atoms with Gasteiger partial charge < -0.3 is 15.5 Å². The molecule has 4 rings (SSSR count). The first kappa shape index (κ1) is 29.3. The van der Waals surface area contributed by atoms with Crippen LogP contribution in [0.25, 0.3) is 0 Å². The number of aryl methyl sites for hydroxylation is 1. The first-order valence-electron chi connectivity index (χ1n) is 12.9. The molecule has 2 N–H and O–H groups in total. The molecule has 2 aromatic carbocycles. The molecule has 39 heavy (non-hydrogen) atoms. The van der Waals surface area contributed by atoms with E-state index in [9.17, 15) is 35.5 Å². The van der Waals surface area contributed by atoms with Crippen molar-refractivity contribution in [1.82, 2.24) is 9.80 Å². The third-order valence-electron chi connectivity index (χ3n) is 8.30. The van der Waals surface area contributed by atoms with E-state index in [4.69, 9.17) is 5.73 Å². The van der Waals surface area contributed by atoms with Gasteiger partial charge in [0.25, 0.3) is 0 Å². The number of hydrogen-bond donors (Lipinski definition) is 1. The molecule has 1 amide bonds. The van der Waals surface area contributed by atoms with Crippen molar-refractivity contribution in [3.8, 4) is 0 Å². The molecule has 2 saturated heterocycles. The van der Waals surface area contributed by atoms with E-state index in [0.29, 0.717) is 37.1 Å². The van der Waals surface area contributed by atoms with Crippen LogP contribution in [0.15, 0.2) is 36.4 Å². The van der Waals surface area contributed by atoms with Gasteiger partial charge >= 0.3 is 12.4 Å². The summed E-state index contributed by atoms with van der Waals surface area (Å²) < 4.78 is 94.8. The molecule has 0 radical (unpaired) electrons. The Morgan fingerprint density at radius 1 is 0.974 bits per heavy atom. The lowest BCUT2D eigenvalue weighted by atomic mass is 9.78. The Hall–Kier alpha value is -2.66. The van der Waals surface area contributed by atoms with Crippen molar-refractivity contribution in [3.05, 3.63) is 70.0 Å². The molecule has 0 saturated carbocycles. The van der Waals surface area contributed by atoms with Crippen molar-refractivity contribution >= 4 is 5.91 Å². The highest BCUT2D eigenvalue weighted by Gasteiger charge is 2.46. The fourth-order valence-electron chi connectivity index (χ4n) is 5.61. The molecule has 0 bridgehead atoms. The Kier molecular flexibility index (Phi) is 7.81. The summed E-state index contributed by atoms with van der Waals surface area (Å²) >= 11 is 0. The lowest BCUT2D eigenvalue weighted by Crippen LogP contribution is -2.60. The van der Waals surface area contributed by atoms with Crippen molar-refractivity contribution in [2.75, 3.05) is 19.6 Å². The van der Waals surface area contributed by atoms with Crippen LogP contribution in [0.1, 0.15) is 72.9 Å². The average molecular weight is 560 g/mol. The number of piperidine rings is 1. The molecule has 11 heteroatoms. The minimum atomic E-state index is -5.02. The fraction of sp³-hybridized carbons (Fsp3) is 0.536. The maximum atomic E-state index is 14.0. The van der Waals surface area contributed by atoms with Gasteiger partial charge in [-0.3, -0.25) is 4.79 Å². The summed E-state index contributed by atoms with van der Waals surface area (Å²) in [5.41, 5.74) is 2.78. The molecule has 2 heterocycles. The standard InChI is InChI=1S/C28H32F7N3O/c1-16-11-21(29)5-6-23(16)24-15-22(37-8-4-9-37)7-10-38(24)25(39)26(3,36)17(2)18-12-19(27(30,31)32)14-20(13-18)28(33,34)35/h5-6,11-14,17,22,24H,4,7-10,15,36H2,1-3H3/t17-,22+,24-,26?/m1/s1. The Balaban J connectivity index is 1.70. The van der Waals surface area contributed by atoms with E-state index in [0.717, 1.165) is 25.1 Å². The highest BCUT2D eigenvalue weighted by atomic mass is 19.4. The summed E-state index contributed by atoms with van der Waals surface area (Å²) in [6, 6.07) is 5.32. The van der Waals surface area contributed by atoms with Crippen LogP contribution in [-0.2, 0) is 17.1 Å². The second-order valence-corrected chi connectivity index (χ2v) is 10.9. The summed E-state index contributed by atoms with van der Waals surface area (Å²) in [6.45, 7) is 6.62. The Bertz CT molecular complexity index is 1190. The number of rotatable bonds is 5. The zero-order valence-corrected chi connectivity index (χ0v) is 22.0. The number of amides is 1. The normalized spacial score (nSPS) is 23.2. The van der Waals surface area contributed by atoms with E-state index in [-0.39, 0.29) is 17.7 Å². The third kappa shape index (κ3) is 5.94. The lowest BCUT2D eigenvalue weighted by Gasteiger charge is -2.49. The topological polar surface area (TPSA) is 49.6 Å². The smallest absolute Gasteiger partial charge is 0.334 e. The maximum absolute atomic E-state index is 14.0. The molecular formula is C28H32F7N3O. The molecule has 2 aromatic rings. The van der Waals surface area contributed by atoms with Crippen molar-refractivity contribution in [3.63, 3.8) is 0 Å². The predicted molar refractivity (Wildman–Crippen MR) is 132 cm³/mol. The minimum absolute atomic E-state index is 0.0554. The minimum Gasteiger partial charge on any atom is -0.334 e. The average Bonchev–Trinajstić information content (AvgIpc) is 2.80. The van der Waals surface area contributed by atoms with Crippen LogP contribution in [0.2, 0.25) is 0 Å². The number of hydrogen-bond acceptors (Lipinski definition) is 3. The number of alkyl halides is 6. The van der Waals surface area contributed by atoms with E-state index >= 15 is 0 Å². The van der Waals surface area contributed by atoms with Gasteiger partial charge in [-0.2, -0.15) is 26.3 Å². The maximum Gasteiger partial charge on any atom is 0.416 e. The van der Waals surface area contributed by atoms with Gasteiger partial charge in [-0.1, -0.05) is 13.0 Å². The molecular weight excluding hydrogens is 527 g/mol. The van der Waals surface area contributed by atoms with Gasteiger partial charge in [0.1, 0.15) is 5.82 Å².